The number of nitrogens with one attached hydrogen (secondary N) is 1. The summed E-state index contributed by atoms with van der Waals surface area (Å²) in [4.78, 5) is 22.4. The van der Waals surface area contributed by atoms with E-state index < -0.39 is 11.1 Å². The number of hydrogen-bond donors (Lipinski definition) is 2. The first kappa shape index (κ1) is 11.0. The van der Waals surface area contributed by atoms with E-state index in [2.05, 4.69) is 5.32 Å². The SMILES string of the molecule is O=C1NC(=O)C(=Cc2cccc(O)c2Cl)S1. The molecule has 1 aromatic rings. The Morgan fingerprint density at radius 2 is 2.12 bits per heavy atom. The number of rotatable bonds is 1. The maximum absolute atomic E-state index is 11.3. The summed E-state index contributed by atoms with van der Waals surface area (Å²) >= 11 is 6.64. The fourth-order valence-electron chi connectivity index (χ4n) is 1.21. The maximum atomic E-state index is 11.3. The third-order valence-electron chi connectivity index (χ3n) is 1.94. The number of carbonyl (C=O) groups excluding carboxylic acids is 2. The van der Waals surface area contributed by atoms with Gasteiger partial charge in [-0.1, -0.05) is 23.7 Å². The minimum atomic E-state index is -0.450. The standard InChI is InChI=1S/C10H6ClNO3S/c11-8-5(2-1-3-6(8)13)4-7-9(14)12-10(15)16-7/h1-4,13H,(H,12,14,15). The second kappa shape index (κ2) is 4.19. The van der Waals surface area contributed by atoms with Crippen molar-refractivity contribution in [3.63, 3.8) is 0 Å². The molecule has 0 atom stereocenters. The Labute approximate surface area is 100 Å². The summed E-state index contributed by atoms with van der Waals surface area (Å²) in [5.41, 5.74) is 0.494. The summed E-state index contributed by atoms with van der Waals surface area (Å²) in [6, 6.07) is 4.69. The monoisotopic (exact) mass is 255 g/mol. The van der Waals surface area contributed by atoms with E-state index in [0.717, 1.165) is 11.8 Å². The number of carbonyl (C=O) groups is 2. The van der Waals surface area contributed by atoms with Crippen molar-refractivity contribution in [1.82, 2.24) is 5.32 Å². The Morgan fingerprint density at radius 1 is 1.38 bits per heavy atom. The van der Waals surface area contributed by atoms with Crippen LogP contribution in [-0.2, 0) is 4.79 Å². The number of phenols is 1. The Hall–Kier alpha value is -1.46. The Morgan fingerprint density at radius 3 is 2.75 bits per heavy atom. The molecule has 16 heavy (non-hydrogen) atoms. The molecule has 0 bridgehead atoms. The molecule has 1 aliphatic heterocycles. The van der Waals surface area contributed by atoms with Crippen LogP contribution in [0.4, 0.5) is 4.79 Å². The van der Waals surface area contributed by atoms with Gasteiger partial charge >= 0.3 is 0 Å². The van der Waals surface area contributed by atoms with Crippen LogP contribution in [0.2, 0.25) is 5.02 Å². The van der Waals surface area contributed by atoms with E-state index >= 15 is 0 Å². The molecule has 1 heterocycles. The zero-order valence-electron chi connectivity index (χ0n) is 7.86. The number of hydrogen-bond acceptors (Lipinski definition) is 4. The van der Waals surface area contributed by atoms with Crippen LogP contribution in [-0.4, -0.2) is 16.3 Å². The summed E-state index contributed by atoms with van der Waals surface area (Å²) in [5, 5.41) is 11.2. The molecular weight excluding hydrogens is 250 g/mol. The molecule has 2 amide bonds. The second-order valence-electron chi connectivity index (χ2n) is 3.03. The van der Waals surface area contributed by atoms with Gasteiger partial charge in [-0.2, -0.15) is 0 Å². The van der Waals surface area contributed by atoms with Crippen molar-refractivity contribution in [2.75, 3.05) is 0 Å². The number of halogens is 1. The lowest BCUT2D eigenvalue weighted by molar-refractivity contribution is -0.115. The molecule has 6 heteroatoms. The highest BCUT2D eigenvalue weighted by molar-refractivity contribution is 8.18. The predicted molar refractivity (Wildman–Crippen MR) is 62.2 cm³/mol. The van der Waals surface area contributed by atoms with Gasteiger partial charge in [0.05, 0.1) is 9.93 Å². The van der Waals surface area contributed by atoms with Gasteiger partial charge in [-0.3, -0.25) is 14.9 Å². The lowest BCUT2D eigenvalue weighted by Crippen LogP contribution is -2.17. The molecule has 0 radical (unpaired) electrons. The molecule has 1 saturated heterocycles. The Balaban J connectivity index is 2.40. The van der Waals surface area contributed by atoms with Gasteiger partial charge in [0.25, 0.3) is 11.1 Å². The first-order valence-corrected chi connectivity index (χ1v) is 5.49. The van der Waals surface area contributed by atoms with Gasteiger partial charge in [0.2, 0.25) is 0 Å². The van der Waals surface area contributed by atoms with Gasteiger partial charge in [-0.05, 0) is 29.5 Å². The molecule has 0 aliphatic carbocycles. The van der Waals surface area contributed by atoms with Gasteiger partial charge in [-0.15, -0.1) is 0 Å². The lowest BCUT2D eigenvalue weighted by atomic mass is 10.2. The van der Waals surface area contributed by atoms with Crippen molar-refractivity contribution in [2.45, 2.75) is 0 Å². The minimum absolute atomic E-state index is 0.0641. The molecule has 1 aromatic carbocycles. The average molecular weight is 256 g/mol. The Bertz CT molecular complexity index is 513. The zero-order valence-corrected chi connectivity index (χ0v) is 9.43. The van der Waals surface area contributed by atoms with Crippen LogP contribution in [0.1, 0.15) is 5.56 Å². The van der Waals surface area contributed by atoms with E-state index in [0.29, 0.717) is 5.56 Å². The first-order chi connectivity index (χ1) is 7.58. The van der Waals surface area contributed by atoms with Crippen molar-refractivity contribution >= 4 is 40.6 Å². The normalized spacial score (nSPS) is 17.9. The topological polar surface area (TPSA) is 66.4 Å². The molecule has 1 fully saturated rings. The molecule has 0 spiro atoms. The molecule has 82 valence electrons. The van der Waals surface area contributed by atoms with Crippen LogP contribution in [0.25, 0.3) is 6.08 Å². The van der Waals surface area contributed by atoms with Crippen LogP contribution in [0.5, 0.6) is 5.75 Å². The van der Waals surface area contributed by atoms with Crippen LogP contribution in [0.15, 0.2) is 23.1 Å². The van der Waals surface area contributed by atoms with Crippen molar-refractivity contribution in [2.24, 2.45) is 0 Å². The lowest BCUT2D eigenvalue weighted by Gasteiger charge is -2.00. The smallest absolute Gasteiger partial charge is 0.290 e. The minimum Gasteiger partial charge on any atom is -0.506 e. The number of aromatic hydroxyl groups is 1. The number of imide groups is 1. The molecule has 4 nitrogen and oxygen atoms in total. The van der Waals surface area contributed by atoms with Crippen molar-refractivity contribution in [3.8, 4) is 5.75 Å². The van der Waals surface area contributed by atoms with Gasteiger partial charge in [0.1, 0.15) is 5.75 Å². The van der Waals surface area contributed by atoms with Crippen LogP contribution < -0.4 is 5.32 Å². The molecule has 2 rings (SSSR count). The van der Waals surface area contributed by atoms with Crippen molar-refractivity contribution in [1.29, 1.82) is 0 Å². The van der Waals surface area contributed by atoms with Gasteiger partial charge in [-0.25, -0.2) is 0 Å². The molecule has 0 saturated carbocycles. The largest absolute Gasteiger partial charge is 0.506 e. The fourth-order valence-corrected chi connectivity index (χ4v) is 2.06. The van der Waals surface area contributed by atoms with Gasteiger partial charge < -0.3 is 5.11 Å². The highest BCUT2D eigenvalue weighted by Crippen LogP contribution is 2.31. The third-order valence-corrected chi connectivity index (χ3v) is 3.16. The molecule has 0 unspecified atom stereocenters. The summed E-state index contributed by atoms with van der Waals surface area (Å²) in [7, 11) is 0. The summed E-state index contributed by atoms with van der Waals surface area (Å²) < 4.78 is 0. The van der Waals surface area contributed by atoms with Crippen molar-refractivity contribution in [3.05, 3.63) is 33.7 Å². The van der Waals surface area contributed by atoms with E-state index in [-0.39, 0.29) is 15.7 Å². The fraction of sp³-hybridized carbons (Fsp3) is 0. The molecule has 2 N–H and O–H groups in total. The zero-order chi connectivity index (χ0) is 11.7. The number of amides is 2. The Kier molecular flexibility index (Phi) is 2.89. The maximum Gasteiger partial charge on any atom is 0.290 e. The van der Waals surface area contributed by atoms with E-state index in [4.69, 9.17) is 11.6 Å². The molecular formula is C10H6ClNO3S. The number of phenolic OH excluding ortho intramolecular Hbond substituents is 1. The average Bonchev–Trinajstić information content (AvgIpc) is 2.53. The van der Waals surface area contributed by atoms with Crippen molar-refractivity contribution < 1.29 is 14.7 Å². The van der Waals surface area contributed by atoms with Crippen LogP contribution >= 0.6 is 23.4 Å². The van der Waals surface area contributed by atoms with E-state index in [1.807, 2.05) is 0 Å². The quantitative estimate of drug-likeness (QED) is 0.756. The second-order valence-corrected chi connectivity index (χ2v) is 4.43. The van der Waals surface area contributed by atoms with Gasteiger partial charge in [0.15, 0.2) is 0 Å². The summed E-state index contributed by atoms with van der Waals surface area (Å²) in [5.74, 6) is -0.514. The highest BCUT2D eigenvalue weighted by Gasteiger charge is 2.25. The highest BCUT2D eigenvalue weighted by atomic mass is 35.5. The molecule has 0 aromatic heterocycles. The van der Waals surface area contributed by atoms with E-state index in [1.165, 1.54) is 12.1 Å². The predicted octanol–water partition coefficient (Wildman–Crippen LogP) is 2.37. The van der Waals surface area contributed by atoms with Crippen LogP contribution in [0, 0.1) is 0 Å². The molecule has 1 aliphatic rings. The first-order valence-electron chi connectivity index (χ1n) is 4.30. The van der Waals surface area contributed by atoms with Gasteiger partial charge in [0, 0.05) is 0 Å². The van der Waals surface area contributed by atoms with E-state index in [9.17, 15) is 14.7 Å². The summed E-state index contributed by atoms with van der Waals surface area (Å²) in [6.45, 7) is 0. The number of benzene rings is 1. The summed E-state index contributed by atoms with van der Waals surface area (Å²) in [6.07, 6.45) is 1.47. The van der Waals surface area contributed by atoms with E-state index in [1.54, 1.807) is 12.1 Å². The van der Waals surface area contributed by atoms with Crippen LogP contribution in [0.3, 0.4) is 0 Å². The number of thioether (sulfide) groups is 1. The third kappa shape index (κ3) is 2.05.